The molecule has 1 unspecified atom stereocenters. The molecule has 1 N–H and O–H groups in total. The summed E-state index contributed by atoms with van der Waals surface area (Å²) in [4.78, 5) is 14.5. The Labute approximate surface area is 117 Å². The molecule has 0 radical (unpaired) electrons. The van der Waals surface area contributed by atoms with E-state index in [0.717, 1.165) is 25.7 Å². The first-order chi connectivity index (χ1) is 8.93. The van der Waals surface area contributed by atoms with Crippen molar-refractivity contribution in [1.29, 1.82) is 0 Å². The first kappa shape index (κ1) is 16.4. The molecule has 4 heteroatoms. The van der Waals surface area contributed by atoms with E-state index in [2.05, 4.69) is 13.8 Å². The van der Waals surface area contributed by atoms with Crippen LogP contribution in [0.2, 0.25) is 0 Å². The second kappa shape index (κ2) is 7.25. The molecule has 0 aromatic heterocycles. The second-order valence-corrected chi connectivity index (χ2v) is 6.18. The number of aliphatic hydroxyl groups is 1. The quantitative estimate of drug-likeness (QED) is 0.805. The van der Waals surface area contributed by atoms with Gasteiger partial charge in [-0.15, -0.1) is 0 Å². The van der Waals surface area contributed by atoms with Crippen LogP contribution in [0.5, 0.6) is 0 Å². The number of carbonyl (C=O) groups excluding carboxylic acids is 1. The molecular weight excluding hydrogens is 242 g/mol. The first-order valence-electron chi connectivity index (χ1n) is 7.51. The number of carbonyl (C=O) groups is 1. The highest BCUT2D eigenvalue weighted by Crippen LogP contribution is 2.24. The summed E-state index contributed by atoms with van der Waals surface area (Å²) >= 11 is 0. The first-order valence-corrected chi connectivity index (χ1v) is 7.51. The van der Waals surface area contributed by atoms with Gasteiger partial charge in [-0.2, -0.15) is 0 Å². The van der Waals surface area contributed by atoms with E-state index in [1.807, 2.05) is 18.7 Å². The van der Waals surface area contributed by atoms with Gasteiger partial charge in [-0.1, -0.05) is 26.7 Å². The molecule has 0 saturated carbocycles. The number of nitrogens with zero attached hydrogens (tertiary/aromatic N) is 1. The zero-order valence-corrected chi connectivity index (χ0v) is 12.8. The highest BCUT2D eigenvalue weighted by Gasteiger charge is 2.36. The van der Waals surface area contributed by atoms with Crippen LogP contribution in [0, 0.1) is 5.92 Å². The van der Waals surface area contributed by atoms with E-state index >= 15 is 0 Å². The van der Waals surface area contributed by atoms with Crippen molar-refractivity contribution >= 4 is 5.91 Å². The fourth-order valence-electron chi connectivity index (χ4n) is 2.91. The molecule has 0 spiro atoms. The topological polar surface area (TPSA) is 49.8 Å². The summed E-state index contributed by atoms with van der Waals surface area (Å²) in [6.07, 6.45) is 3.72. The van der Waals surface area contributed by atoms with E-state index in [0.29, 0.717) is 13.1 Å². The van der Waals surface area contributed by atoms with E-state index in [1.54, 1.807) is 0 Å². The summed E-state index contributed by atoms with van der Waals surface area (Å²) in [5.74, 6) is 0.363. The highest BCUT2D eigenvalue weighted by molar-refractivity contribution is 5.79. The standard InChI is InChI=1S/C15H29NO3/c1-5-7-12(8-6-2)14(18)16-9-13(10-17)19-15(3,4)11-16/h12-13,17H,5-11H2,1-4H3. The van der Waals surface area contributed by atoms with Crippen molar-refractivity contribution in [2.24, 2.45) is 5.92 Å². The molecule has 4 nitrogen and oxygen atoms in total. The maximum atomic E-state index is 12.6. The largest absolute Gasteiger partial charge is 0.394 e. The van der Waals surface area contributed by atoms with Crippen molar-refractivity contribution in [1.82, 2.24) is 4.90 Å². The lowest BCUT2D eigenvalue weighted by atomic mass is 9.95. The average molecular weight is 271 g/mol. The predicted octanol–water partition coefficient (Wildman–Crippen LogP) is 2.20. The number of hydrogen-bond acceptors (Lipinski definition) is 3. The molecule has 1 rings (SSSR count). The fraction of sp³-hybridized carbons (Fsp3) is 0.933. The molecule has 0 aromatic rings. The zero-order chi connectivity index (χ0) is 14.5. The Morgan fingerprint density at radius 2 is 1.95 bits per heavy atom. The molecule has 1 amide bonds. The summed E-state index contributed by atoms with van der Waals surface area (Å²) in [7, 11) is 0. The van der Waals surface area contributed by atoms with Crippen molar-refractivity contribution in [3.8, 4) is 0 Å². The van der Waals surface area contributed by atoms with Gasteiger partial charge in [0, 0.05) is 19.0 Å². The van der Waals surface area contributed by atoms with Gasteiger partial charge < -0.3 is 14.7 Å². The van der Waals surface area contributed by atoms with Crippen LogP contribution in [-0.4, -0.2) is 47.3 Å². The van der Waals surface area contributed by atoms with Crippen molar-refractivity contribution in [3.63, 3.8) is 0 Å². The SMILES string of the molecule is CCCC(CCC)C(=O)N1CC(CO)OC(C)(C)C1. The van der Waals surface area contributed by atoms with Gasteiger partial charge in [0.05, 0.1) is 18.3 Å². The van der Waals surface area contributed by atoms with Crippen LogP contribution in [0.25, 0.3) is 0 Å². The molecule has 0 aliphatic carbocycles. The van der Waals surface area contributed by atoms with Crippen LogP contribution >= 0.6 is 0 Å². The average Bonchev–Trinajstić information content (AvgIpc) is 2.35. The molecule has 1 atom stereocenters. The number of morpholine rings is 1. The number of amides is 1. The third-order valence-corrected chi connectivity index (χ3v) is 3.62. The van der Waals surface area contributed by atoms with Gasteiger partial charge in [0.25, 0.3) is 0 Å². The third-order valence-electron chi connectivity index (χ3n) is 3.62. The number of aliphatic hydroxyl groups excluding tert-OH is 1. The summed E-state index contributed by atoms with van der Waals surface area (Å²) in [6.45, 7) is 9.30. The molecule has 1 aliphatic heterocycles. The molecule has 1 fully saturated rings. The summed E-state index contributed by atoms with van der Waals surface area (Å²) in [5.41, 5.74) is -0.371. The van der Waals surface area contributed by atoms with E-state index in [1.165, 1.54) is 0 Å². The number of rotatable bonds is 6. The van der Waals surface area contributed by atoms with Gasteiger partial charge in [-0.05, 0) is 26.7 Å². The van der Waals surface area contributed by atoms with E-state index in [-0.39, 0.29) is 30.1 Å². The van der Waals surface area contributed by atoms with Gasteiger partial charge in [-0.3, -0.25) is 4.79 Å². The van der Waals surface area contributed by atoms with Crippen LogP contribution in [0.1, 0.15) is 53.4 Å². The predicted molar refractivity (Wildman–Crippen MR) is 75.9 cm³/mol. The summed E-state index contributed by atoms with van der Waals surface area (Å²) in [6, 6.07) is 0. The van der Waals surface area contributed by atoms with Gasteiger partial charge in [-0.25, -0.2) is 0 Å². The smallest absolute Gasteiger partial charge is 0.225 e. The lowest BCUT2D eigenvalue weighted by Gasteiger charge is -2.43. The number of hydrogen-bond donors (Lipinski definition) is 1. The second-order valence-electron chi connectivity index (χ2n) is 6.18. The van der Waals surface area contributed by atoms with Crippen LogP contribution in [0.4, 0.5) is 0 Å². The van der Waals surface area contributed by atoms with Crippen LogP contribution in [-0.2, 0) is 9.53 Å². The van der Waals surface area contributed by atoms with Gasteiger partial charge in [0.2, 0.25) is 5.91 Å². The number of ether oxygens (including phenoxy) is 1. The Balaban J connectivity index is 2.72. The highest BCUT2D eigenvalue weighted by atomic mass is 16.5. The fourth-order valence-corrected chi connectivity index (χ4v) is 2.91. The third kappa shape index (κ3) is 4.77. The summed E-state index contributed by atoms with van der Waals surface area (Å²) < 4.78 is 5.76. The van der Waals surface area contributed by atoms with Gasteiger partial charge >= 0.3 is 0 Å². The van der Waals surface area contributed by atoms with Crippen molar-refractivity contribution in [2.75, 3.05) is 19.7 Å². The van der Waals surface area contributed by atoms with E-state index < -0.39 is 0 Å². The Morgan fingerprint density at radius 1 is 1.37 bits per heavy atom. The van der Waals surface area contributed by atoms with Crippen molar-refractivity contribution in [3.05, 3.63) is 0 Å². The summed E-state index contributed by atoms with van der Waals surface area (Å²) in [5, 5.41) is 9.31. The van der Waals surface area contributed by atoms with Gasteiger partial charge in [0.15, 0.2) is 0 Å². The Hall–Kier alpha value is -0.610. The molecule has 0 aromatic carbocycles. The minimum atomic E-state index is -0.371. The maximum Gasteiger partial charge on any atom is 0.225 e. The van der Waals surface area contributed by atoms with Crippen LogP contribution in [0.15, 0.2) is 0 Å². The monoisotopic (exact) mass is 271 g/mol. The van der Waals surface area contributed by atoms with Gasteiger partial charge in [0.1, 0.15) is 0 Å². The Morgan fingerprint density at radius 3 is 2.42 bits per heavy atom. The lowest BCUT2D eigenvalue weighted by molar-refractivity contribution is -0.170. The minimum Gasteiger partial charge on any atom is -0.394 e. The zero-order valence-electron chi connectivity index (χ0n) is 12.8. The molecule has 1 heterocycles. The van der Waals surface area contributed by atoms with Crippen LogP contribution in [0.3, 0.4) is 0 Å². The normalized spacial score (nSPS) is 22.8. The van der Waals surface area contributed by atoms with Crippen molar-refractivity contribution < 1.29 is 14.6 Å². The molecule has 1 saturated heterocycles. The Bertz CT molecular complexity index is 285. The minimum absolute atomic E-state index is 0.0283. The molecular formula is C15H29NO3. The lowest BCUT2D eigenvalue weighted by Crippen LogP contribution is -2.56. The van der Waals surface area contributed by atoms with Crippen LogP contribution < -0.4 is 0 Å². The molecule has 19 heavy (non-hydrogen) atoms. The molecule has 1 aliphatic rings. The molecule has 112 valence electrons. The van der Waals surface area contributed by atoms with Crippen molar-refractivity contribution in [2.45, 2.75) is 65.1 Å². The van der Waals surface area contributed by atoms with E-state index in [4.69, 9.17) is 4.74 Å². The Kier molecular flexibility index (Phi) is 6.27. The molecule has 0 bridgehead atoms. The van der Waals surface area contributed by atoms with E-state index in [9.17, 15) is 9.90 Å². The maximum absolute atomic E-state index is 12.6.